The van der Waals surface area contributed by atoms with Crippen molar-refractivity contribution >= 4 is 5.97 Å². The lowest BCUT2D eigenvalue weighted by atomic mass is 10.3. The summed E-state index contributed by atoms with van der Waals surface area (Å²) in [7, 11) is 1.29. The standard InChI is InChI=1S/C9H8N4O3/c1-5-12-8(13-16-5)7-10-3-6(4-11-7)9(14)15-2/h3-4H,1-2H3. The van der Waals surface area contributed by atoms with Crippen LogP contribution in [0.2, 0.25) is 0 Å². The second kappa shape index (κ2) is 4.05. The van der Waals surface area contributed by atoms with E-state index in [1.54, 1.807) is 6.92 Å². The molecule has 0 aromatic carbocycles. The number of aryl methyl sites for hydroxylation is 1. The Balaban J connectivity index is 2.29. The fourth-order valence-electron chi connectivity index (χ4n) is 1.06. The summed E-state index contributed by atoms with van der Waals surface area (Å²) < 4.78 is 9.30. The quantitative estimate of drug-likeness (QED) is 0.685. The molecule has 0 bridgehead atoms. The maximum atomic E-state index is 11.1. The number of nitrogens with zero attached hydrogens (tertiary/aromatic N) is 4. The van der Waals surface area contributed by atoms with Gasteiger partial charge in [0.2, 0.25) is 17.5 Å². The summed E-state index contributed by atoms with van der Waals surface area (Å²) in [5.74, 6) is 0.518. The Morgan fingerprint density at radius 3 is 2.50 bits per heavy atom. The second-order valence-electron chi connectivity index (χ2n) is 2.92. The first kappa shape index (κ1) is 10.2. The normalized spacial score (nSPS) is 10.1. The van der Waals surface area contributed by atoms with Crippen LogP contribution in [0.5, 0.6) is 0 Å². The summed E-state index contributed by atoms with van der Waals surface area (Å²) in [6.45, 7) is 1.67. The molecule has 0 fully saturated rings. The molecule has 2 rings (SSSR count). The van der Waals surface area contributed by atoms with E-state index >= 15 is 0 Å². The van der Waals surface area contributed by atoms with Crippen molar-refractivity contribution in [3.05, 3.63) is 23.8 Å². The number of carbonyl (C=O) groups excluding carboxylic acids is 1. The topological polar surface area (TPSA) is 91.0 Å². The third-order valence-corrected chi connectivity index (χ3v) is 1.80. The highest BCUT2D eigenvalue weighted by molar-refractivity contribution is 5.88. The summed E-state index contributed by atoms with van der Waals surface area (Å²) >= 11 is 0. The minimum atomic E-state index is -0.490. The van der Waals surface area contributed by atoms with Crippen LogP contribution >= 0.6 is 0 Å². The molecule has 0 spiro atoms. The first-order valence-electron chi connectivity index (χ1n) is 4.41. The fourth-order valence-corrected chi connectivity index (χ4v) is 1.06. The van der Waals surface area contributed by atoms with Crippen LogP contribution in [0.25, 0.3) is 11.6 Å². The Morgan fingerprint density at radius 1 is 1.31 bits per heavy atom. The van der Waals surface area contributed by atoms with Gasteiger partial charge in [0.1, 0.15) is 0 Å². The Labute approximate surface area is 90.5 Å². The summed E-state index contributed by atoms with van der Waals surface area (Å²) in [5.41, 5.74) is 0.270. The fraction of sp³-hybridized carbons (Fsp3) is 0.222. The van der Waals surface area contributed by atoms with Gasteiger partial charge in [-0.3, -0.25) is 0 Å². The summed E-state index contributed by atoms with van der Waals surface area (Å²) in [4.78, 5) is 22.9. The zero-order valence-corrected chi connectivity index (χ0v) is 8.67. The van der Waals surface area contributed by atoms with Gasteiger partial charge < -0.3 is 9.26 Å². The van der Waals surface area contributed by atoms with Crippen molar-refractivity contribution in [2.45, 2.75) is 6.92 Å². The molecule has 2 aromatic rings. The van der Waals surface area contributed by atoms with Crippen LogP contribution in [0.4, 0.5) is 0 Å². The highest BCUT2D eigenvalue weighted by Crippen LogP contribution is 2.09. The van der Waals surface area contributed by atoms with Crippen LogP contribution in [-0.2, 0) is 4.74 Å². The average molecular weight is 220 g/mol. The van der Waals surface area contributed by atoms with Crippen LogP contribution in [0.1, 0.15) is 16.2 Å². The van der Waals surface area contributed by atoms with Gasteiger partial charge in [0.05, 0.1) is 12.7 Å². The van der Waals surface area contributed by atoms with Gasteiger partial charge in [-0.05, 0) is 0 Å². The highest BCUT2D eigenvalue weighted by atomic mass is 16.5. The minimum absolute atomic E-state index is 0.270. The maximum absolute atomic E-state index is 11.1. The molecule has 7 nitrogen and oxygen atoms in total. The molecule has 0 N–H and O–H groups in total. The van der Waals surface area contributed by atoms with E-state index in [0.717, 1.165) is 0 Å². The lowest BCUT2D eigenvalue weighted by molar-refractivity contribution is 0.0600. The largest absolute Gasteiger partial charge is 0.465 e. The molecule has 0 aliphatic carbocycles. The van der Waals surface area contributed by atoms with Crippen molar-refractivity contribution in [2.75, 3.05) is 7.11 Å². The molecular weight excluding hydrogens is 212 g/mol. The van der Waals surface area contributed by atoms with Crippen molar-refractivity contribution in [1.82, 2.24) is 20.1 Å². The van der Waals surface area contributed by atoms with Crippen LogP contribution < -0.4 is 0 Å². The van der Waals surface area contributed by atoms with Crippen molar-refractivity contribution in [3.63, 3.8) is 0 Å². The van der Waals surface area contributed by atoms with E-state index in [0.29, 0.717) is 11.7 Å². The molecule has 16 heavy (non-hydrogen) atoms. The van der Waals surface area contributed by atoms with Crippen molar-refractivity contribution in [3.8, 4) is 11.6 Å². The molecule has 0 amide bonds. The Kier molecular flexibility index (Phi) is 2.59. The first-order valence-corrected chi connectivity index (χ1v) is 4.41. The van der Waals surface area contributed by atoms with Crippen molar-refractivity contribution in [1.29, 1.82) is 0 Å². The van der Waals surface area contributed by atoms with E-state index in [2.05, 4.69) is 24.8 Å². The number of carbonyl (C=O) groups is 1. The van der Waals surface area contributed by atoms with Gasteiger partial charge in [-0.1, -0.05) is 5.16 Å². The van der Waals surface area contributed by atoms with E-state index in [9.17, 15) is 4.79 Å². The number of hydrogen-bond acceptors (Lipinski definition) is 7. The molecule has 82 valence electrons. The first-order chi connectivity index (χ1) is 7.70. The zero-order valence-electron chi connectivity index (χ0n) is 8.67. The van der Waals surface area contributed by atoms with Gasteiger partial charge in [-0.15, -0.1) is 0 Å². The molecular formula is C9H8N4O3. The number of rotatable bonds is 2. The van der Waals surface area contributed by atoms with E-state index in [1.165, 1.54) is 19.5 Å². The van der Waals surface area contributed by atoms with Crippen molar-refractivity contribution < 1.29 is 14.1 Å². The third kappa shape index (κ3) is 1.88. The number of ether oxygens (including phenoxy) is 1. The molecule has 0 aliphatic rings. The molecule has 2 aromatic heterocycles. The Bertz CT molecular complexity index is 506. The molecule has 0 atom stereocenters. The lowest BCUT2D eigenvalue weighted by Crippen LogP contribution is -2.03. The predicted molar refractivity (Wildman–Crippen MR) is 51.4 cm³/mol. The molecule has 7 heteroatoms. The molecule has 0 aliphatic heterocycles. The van der Waals surface area contributed by atoms with Crippen LogP contribution in [-0.4, -0.2) is 33.2 Å². The SMILES string of the molecule is COC(=O)c1cnc(-c2noc(C)n2)nc1. The molecule has 2 heterocycles. The Hall–Kier alpha value is -2.31. The number of esters is 1. The molecule has 0 unspecified atom stereocenters. The molecule has 0 radical (unpaired) electrons. The van der Waals surface area contributed by atoms with E-state index in [-0.39, 0.29) is 11.4 Å². The van der Waals surface area contributed by atoms with E-state index < -0.39 is 5.97 Å². The van der Waals surface area contributed by atoms with Crippen LogP contribution in [0, 0.1) is 6.92 Å². The van der Waals surface area contributed by atoms with Crippen molar-refractivity contribution in [2.24, 2.45) is 0 Å². The zero-order chi connectivity index (χ0) is 11.5. The molecule has 0 saturated heterocycles. The molecule has 0 saturated carbocycles. The maximum Gasteiger partial charge on any atom is 0.341 e. The highest BCUT2D eigenvalue weighted by Gasteiger charge is 2.11. The van der Waals surface area contributed by atoms with Gasteiger partial charge in [-0.2, -0.15) is 4.98 Å². The smallest absolute Gasteiger partial charge is 0.341 e. The van der Waals surface area contributed by atoms with Gasteiger partial charge >= 0.3 is 5.97 Å². The minimum Gasteiger partial charge on any atom is -0.465 e. The van der Waals surface area contributed by atoms with Gasteiger partial charge in [0.15, 0.2) is 0 Å². The van der Waals surface area contributed by atoms with E-state index in [1.807, 2.05) is 0 Å². The van der Waals surface area contributed by atoms with Gasteiger partial charge in [0, 0.05) is 19.3 Å². The number of hydrogen-bond donors (Lipinski definition) is 0. The summed E-state index contributed by atoms with van der Waals surface area (Å²) in [5, 5.41) is 3.65. The second-order valence-corrected chi connectivity index (χ2v) is 2.92. The van der Waals surface area contributed by atoms with E-state index in [4.69, 9.17) is 4.52 Å². The van der Waals surface area contributed by atoms with Crippen LogP contribution in [0.3, 0.4) is 0 Å². The summed E-state index contributed by atoms with van der Waals surface area (Å²) in [6.07, 6.45) is 2.69. The van der Waals surface area contributed by atoms with Gasteiger partial charge in [-0.25, -0.2) is 14.8 Å². The van der Waals surface area contributed by atoms with Gasteiger partial charge in [0.25, 0.3) is 0 Å². The average Bonchev–Trinajstić information content (AvgIpc) is 2.75. The summed E-state index contributed by atoms with van der Waals surface area (Å²) in [6, 6.07) is 0. The third-order valence-electron chi connectivity index (χ3n) is 1.80. The monoisotopic (exact) mass is 220 g/mol. The lowest BCUT2D eigenvalue weighted by Gasteiger charge is -1.97. The number of aromatic nitrogens is 4. The predicted octanol–water partition coefficient (Wildman–Crippen LogP) is 0.622. The van der Waals surface area contributed by atoms with Crippen LogP contribution in [0.15, 0.2) is 16.9 Å². The Morgan fingerprint density at radius 2 is 2.00 bits per heavy atom. The number of methoxy groups -OCH3 is 1.